The third-order valence-corrected chi connectivity index (χ3v) is 3.98. The molecule has 0 amide bonds. The molecule has 2 saturated carbocycles. The Bertz CT molecular complexity index is 181. The van der Waals surface area contributed by atoms with Crippen LogP contribution in [0.25, 0.3) is 0 Å². The molecule has 2 fully saturated rings. The van der Waals surface area contributed by atoms with Gasteiger partial charge in [-0.05, 0) is 31.1 Å². The number of aliphatic hydroxyl groups excluding tert-OH is 1. The molecular weight excluding hydrogens is 164 g/mol. The summed E-state index contributed by atoms with van der Waals surface area (Å²) in [5.74, 6) is 1.54. The maximum Gasteiger partial charge on any atom is 0.0880 e. The van der Waals surface area contributed by atoms with Crippen molar-refractivity contribution in [1.29, 1.82) is 0 Å². The molecule has 2 nitrogen and oxygen atoms in total. The molecule has 2 rings (SSSR count). The molecule has 13 heavy (non-hydrogen) atoms. The van der Waals surface area contributed by atoms with Gasteiger partial charge < -0.3 is 10.2 Å². The summed E-state index contributed by atoms with van der Waals surface area (Å²) in [4.78, 5) is 0. The van der Waals surface area contributed by atoms with Gasteiger partial charge in [-0.2, -0.15) is 0 Å². The van der Waals surface area contributed by atoms with Crippen molar-refractivity contribution in [3.8, 4) is 0 Å². The van der Waals surface area contributed by atoms with Crippen molar-refractivity contribution in [1.82, 2.24) is 0 Å². The first kappa shape index (κ1) is 9.47. The molecule has 2 aliphatic rings. The average Bonchev–Trinajstić information content (AvgIpc) is 2.18. The van der Waals surface area contributed by atoms with Gasteiger partial charge in [0.05, 0.1) is 12.2 Å². The van der Waals surface area contributed by atoms with E-state index in [1.54, 1.807) is 0 Å². The van der Waals surface area contributed by atoms with Crippen LogP contribution in [0, 0.1) is 11.8 Å². The molecule has 2 aliphatic carbocycles. The predicted octanol–water partition coefficient (Wildman–Crippen LogP) is 1.70. The average molecular weight is 184 g/mol. The van der Waals surface area contributed by atoms with Gasteiger partial charge >= 0.3 is 0 Å². The second-order valence-corrected chi connectivity index (χ2v) is 4.93. The van der Waals surface area contributed by atoms with Gasteiger partial charge in [0, 0.05) is 0 Å². The third-order valence-electron chi connectivity index (χ3n) is 3.98. The topological polar surface area (TPSA) is 40.5 Å². The lowest BCUT2D eigenvalue weighted by molar-refractivity contribution is -0.0782. The van der Waals surface area contributed by atoms with Gasteiger partial charge in [0.1, 0.15) is 0 Å². The van der Waals surface area contributed by atoms with Gasteiger partial charge in [-0.15, -0.1) is 0 Å². The van der Waals surface area contributed by atoms with E-state index in [1.807, 2.05) is 0 Å². The minimum absolute atomic E-state index is 0.0454. The molecule has 0 unspecified atom stereocenters. The first-order valence-electron chi connectivity index (χ1n) is 5.57. The highest BCUT2D eigenvalue weighted by molar-refractivity contribution is 4.91. The number of rotatable bonds is 1. The minimum atomic E-state index is -0.738. The summed E-state index contributed by atoms with van der Waals surface area (Å²) in [5.41, 5.74) is -0.738. The fourth-order valence-corrected chi connectivity index (χ4v) is 3.12. The largest absolute Gasteiger partial charge is 0.393 e. The zero-order valence-electron chi connectivity index (χ0n) is 8.21. The van der Waals surface area contributed by atoms with E-state index in [0.717, 1.165) is 25.2 Å². The molecule has 0 heterocycles. The maximum absolute atomic E-state index is 9.97. The second kappa shape index (κ2) is 3.58. The van der Waals surface area contributed by atoms with Gasteiger partial charge in [-0.25, -0.2) is 0 Å². The van der Waals surface area contributed by atoms with Crippen LogP contribution >= 0.6 is 0 Å². The lowest BCUT2D eigenvalue weighted by atomic mass is 9.66. The van der Waals surface area contributed by atoms with Gasteiger partial charge in [-0.3, -0.25) is 0 Å². The van der Waals surface area contributed by atoms with Gasteiger partial charge in [0.2, 0.25) is 0 Å². The van der Waals surface area contributed by atoms with Gasteiger partial charge in [0.25, 0.3) is 0 Å². The van der Waals surface area contributed by atoms with E-state index in [0.29, 0.717) is 5.92 Å². The summed E-state index contributed by atoms with van der Waals surface area (Å²) >= 11 is 0. The van der Waals surface area contributed by atoms with E-state index < -0.39 is 5.60 Å². The quantitative estimate of drug-likeness (QED) is 0.651. The Labute approximate surface area is 80.0 Å². The van der Waals surface area contributed by atoms with E-state index in [4.69, 9.17) is 5.11 Å². The Morgan fingerprint density at radius 1 is 1.08 bits per heavy atom. The molecule has 0 bridgehead atoms. The highest BCUT2D eigenvalue weighted by Crippen LogP contribution is 2.43. The lowest BCUT2D eigenvalue weighted by Crippen LogP contribution is -2.43. The lowest BCUT2D eigenvalue weighted by Gasteiger charge is -2.43. The standard InChI is InChI=1S/C11H20O2/c12-8-11(13)6-5-9-3-1-2-4-10(9)7-11/h9-10,12-13H,1-8H2/t9-,10-,11-/m1/s1. The first-order valence-corrected chi connectivity index (χ1v) is 5.57. The minimum Gasteiger partial charge on any atom is -0.393 e. The van der Waals surface area contributed by atoms with Crippen molar-refractivity contribution in [2.75, 3.05) is 6.61 Å². The number of hydrogen-bond donors (Lipinski definition) is 2. The Kier molecular flexibility index (Phi) is 2.61. The normalized spacial score (nSPS) is 45.7. The van der Waals surface area contributed by atoms with E-state index in [1.165, 1.54) is 25.7 Å². The Morgan fingerprint density at radius 2 is 1.77 bits per heavy atom. The Balaban J connectivity index is 1.98. The van der Waals surface area contributed by atoms with E-state index in [2.05, 4.69) is 0 Å². The Morgan fingerprint density at radius 3 is 2.46 bits per heavy atom. The van der Waals surface area contributed by atoms with Crippen LogP contribution < -0.4 is 0 Å². The summed E-state index contributed by atoms with van der Waals surface area (Å²) in [6, 6.07) is 0. The van der Waals surface area contributed by atoms with Crippen LogP contribution in [0.2, 0.25) is 0 Å². The monoisotopic (exact) mass is 184 g/mol. The van der Waals surface area contributed by atoms with E-state index in [-0.39, 0.29) is 6.61 Å². The number of aliphatic hydroxyl groups is 2. The molecule has 0 aromatic heterocycles. The summed E-state index contributed by atoms with van der Waals surface area (Å²) in [5, 5.41) is 19.1. The van der Waals surface area contributed by atoms with Crippen molar-refractivity contribution in [3.05, 3.63) is 0 Å². The summed E-state index contributed by atoms with van der Waals surface area (Å²) < 4.78 is 0. The van der Waals surface area contributed by atoms with Crippen LogP contribution in [0.5, 0.6) is 0 Å². The highest BCUT2D eigenvalue weighted by atomic mass is 16.3. The summed E-state index contributed by atoms with van der Waals surface area (Å²) in [6.45, 7) is -0.0454. The van der Waals surface area contributed by atoms with Crippen molar-refractivity contribution in [2.24, 2.45) is 11.8 Å². The van der Waals surface area contributed by atoms with E-state index >= 15 is 0 Å². The van der Waals surface area contributed by atoms with Crippen LogP contribution in [0.3, 0.4) is 0 Å². The SMILES string of the molecule is OC[C@@]1(O)CC[C@H]2CCCC[C@@H]2C1. The molecule has 0 radical (unpaired) electrons. The fourth-order valence-electron chi connectivity index (χ4n) is 3.12. The predicted molar refractivity (Wildman–Crippen MR) is 51.3 cm³/mol. The van der Waals surface area contributed by atoms with Gasteiger partial charge in [0.15, 0.2) is 0 Å². The number of hydrogen-bond acceptors (Lipinski definition) is 2. The van der Waals surface area contributed by atoms with E-state index in [9.17, 15) is 5.11 Å². The molecular formula is C11H20O2. The van der Waals surface area contributed by atoms with Crippen LogP contribution in [0.1, 0.15) is 44.9 Å². The molecule has 3 atom stereocenters. The van der Waals surface area contributed by atoms with Crippen LogP contribution in [-0.4, -0.2) is 22.4 Å². The second-order valence-electron chi connectivity index (χ2n) is 4.93. The highest BCUT2D eigenvalue weighted by Gasteiger charge is 2.39. The zero-order valence-corrected chi connectivity index (χ0v) is 8.21. The fraction of sp³-hybridized carbons (Fsp3) is 1.00. The summed E-state index contributed by atoms with van der Waals surface area (Å²) in [7, 11) is 0. The molecule has 2 N–H and O–H groups in total. The zero-order chi connectivity index (χ0) is 9.31. The van der Waals surface area contributed by atoms with Crippen molar-refractivity contribution in [2.45, 2.75) is 50.5 Å². The maximum atomic E-state index is 9.97. The third kappa shape index (κ3) is 1.89. The molecule has 0 aromatic rings. The van der Waals surface area contributed by atoms with Crippen LogP contribution in [0.15, 0.2) is 0 Å². The van der Waals surface area contributed by atoms with Crippen molar-refractivity contribution in [3.63, 3.8) is 0 Å². The molecule has 0 saturated heterocycles. The molecule has 2 heteroatoms. The molecule has 0 aliphatic heterocycles. The molecule has 0 spiro atoms. The summed E-state index contributed by atoms with van der Waals surface area (Å²) in [6.07, 6.45) is 8.10. The first-order chi connectivity index (χ1) is 6.23. The van der Waals surface area contributed by atoms with Crippen molar-refractivity contribution < 1.29 is 10.2 Å². The molecule has 0 aromatic carbocycles. The number of fused-ring (bicyclic) bond motifs is 1. The van der Waals surface area contributed by atoms with Crippen LogP contribution in [0.4, 0.5) is 0 Å². The Hall–Kier alpha value is -0.0800. The van der Waals surface area contributed by atoms with Gasteiger partial charge in [-0.1, -0.05) is 25.7 Å². The molecule has 76 valence electrons. The van der Waals surface area contributed by atoms with Crippen molar-refractivity contribution >= 4 is 0 Å². The smallest absolute Gasteiger partial charge is 0.0880 e. The van der Waals surface area contributed by atoms with Crippen LogP contribution in [-0.2, 0) is 0 Å².